The number of halogens is 1. The third-order valence-electron chi connectivity index (χ3n) is 3.92. The van der Waals surface area contributed by atoms with Crippen molar-refractivity contribution in [3.05, 3.63) is 59.3 Å². The van der Waals surface area contributed by atoms with Crippen LogP contribution in [0.5, 0.6) is 0 Å². The molecule has 2 N–H and O–H groups in total. The van der Waals surface area contributed by atoms with Crippen molar-refractivity contribution in [1.82, 2.24) is 5.32 Å². The van der Waals surface area contributed by atoms with E-state index in [0.717, 1.165) is 25.2 Å². The third-order valence-corrected chi connectivity index (χ3v) is 3.92. The normalized spacial score (nSPS) is 18.3. The Balaban J connectivity index is 1.81. The maximum atomic E-state index is 13.1. The van der Waals surface area contributed by atoms with Crippen molar-refractivity contribution in [1.29, 1.82) is 0 Å². The van der Waals surface area contributed by atoms with Gasteiger partial charge in [0.25, 0.3) is 5.91 Å². The van der Waals surface area contributed by atoms with Crippen LogP contribution in [0, 0.1) is 5.82 Å². The number of rotatable bonds is 5. The van der Waals surface area contributed by atoms with Crippen LogP contribution in [0.3, 0.4) is 0 Å². The van der Waals surface area contributed by atoms with Crippen LogP contribution in [-0.2, 0) is 4.74 Å². The Morgan fingerprint density at radius 3 is 2.62 bits per heavy atom. The van der Waals surface area contributed by atoms with Gasteiger partial charge in [0.1, 0.15) is 12.1 Å². The lowest BCUT2D eigenvalue weighted by Gasteiger charge is -2.24. The summed E-state index contributed by atoms with van der Waals surface area (Å²) in [5.74, 6) is -2.19. The van der Waals surface area contributed by atoms with Crippen molar-refractivity contribution in [2.75, 3.05) is 6.61 Å². The fourth-order valence-corrected chi connectivity index (χ4v) is 2.71. The zero-order valence-corrected chi connectivity index (χ0v) is 12.7. The van der Waals surface area contributed by atoms with E-state index in [0.29, 0.717) is 12.2 Å². The summed E-state index contributed by atoms with van der Waals surface area (Å²) in [6.07, 6.45) is 2.42. The Morgan fingerprint density at radius 1 is 1.29 bits per heavy atom. The number of carboxylic acids is 1. The molecule has 0 saturated carbocycles. The molecule has 7 heteroatoms. The number of ether oxygens (including phenoxy) is 1. The molecule has 1 fully saturated rings. The van der Waals surface area contributed by atoms with Gasteiger partial charge >= 0.3 is 5.97 Å². The Kier molecular flexibility index (Phi) is 4.61. The summed E-state index contributed by atoms with van der Waals surface area (Å²) in [5.41, 5.74) is 0.609. The molecule has 2 aromatic rings. The predicted molar refractivity (Wildman–Crippen MR) is 81.2 cm³/mol. The highest BCUT2D eigenvalue weighted by Crippen LogP contribution is 2.27. The minimum absolute atomic E-state index is 0.0995. The molecule has 1 aromatic heterocycles. The Morgan fingerprint density at radius 2 is 2.04 bits per heavy atom. The number of carbonyl (C=O) groups is 2. The number of carbonyl (C=O) groups excluding carboxylic acids is 1. The molecule has 0 unspecified atom stereocenters. The number of aromatic carboxylic acids is 1. The fourth-order valence-electron chi connectivity index (χ4n) is 2.71. The molecule has 1 aliphatic heterocycles. The van der Waals surface area contributed by atoms with Gasteiger partial charge in [0, 0.05) is 12.7 Å². The summed E-state index contributed by atoms with van der Waals surface area (Å²) in [6, 6.07) is 6.51. The van der Waals surface area contributed by atoms with Crippen LogP contribution in [0.2, 0.25) is 0 Å². The van der Waals surface area contributed by atoms with Crippen LogP contribution in [0.25, 0.3) is 0 Å². The highest BCUT2D eigenvalue weighted by Gasteiger charge is 2.30. The highest BCUT2D eigenvalue weighted by molar-refractivity contribution is 5.95. The molecule has 2 heterocycles. The molecular formula is C17H16FNO5. The number of hydrogen-bond acceptors (Lipinski definition) is 4. The highest BCUT2D eigenvalue weighted by atomic mass is 19.1. The van der Waals surface area contributed by atoms with E-state index < -0.39 is 17.9 Å². The first-order valence-corrected chi connectivity index (χ1v) is 7.54. The lowest BCUT2D eigenvalue weighted by atomic mass is 9.99. The summed E-state index contributed by atoms with van der Waals surface area (Å²) in [5, 5.41) is 11.7. The molecule has 1 aliphatic rings. The number of nitrogens with one attached hydrogen (secondary N) is 1. The molecule has 126 valence electrons. The van der Waals surface area contributed by atoms with Crippen LogP contribution < -0.4 is 5.32 Å². The van der Waals surface area contributed by atoms with Crippen LogP contribution in [-0.4, -0.2) is 29.7 Å². The molecule has 6 nitrogen and oxygen atoms in total. The van der Waals surface area contributed by atoms with E-state index in [1.807, 2.05) is 0 Å². The molecule has 24 heavy (non-hydrogen) atoms. The average Bonchev–Trinajstić information content (AvgIpc) is 3.25. The van der Waals surface area contributed by atoms with Crippen LogP contribution in [0.4, 0.5) is 4.39 Å². The van der Waals surface area contributed by atoms with E-state index in [-0.39, 0.29) is 23.2 Å². The first-order chi connectivity index (χ1) is 11.5. The first kappa shape index (κ1) is 16.2. The summed E-state index contributed by atoms with van der Waals surface area (Å²) in [4.78, 5) is 23.2. The van der Waals surface area contributed by atoms with Gasteiger partial charge in [0.15, 0.2) is 5.76 Å². The van der Waals surface area contributed by atoms with Gasteiger partial charge in [-0.15, -0.1) is 0 Å². The SMILES string of the molecule is O=C(O)c1coc(C(=O)N[C@H](c2ccc(F)cc2)[C@@H]2CCCO2)c1. The van der Waals surface area contributed by atoms with Gasteiger partial charge in [0.2, 0.25) is 0 Å². The standard InChI is InChI=1S/C17H16FNO5/c18-12-5-3-10(4-6-12)15(13-2-1-7-23-13)19-16(20)14-8-11(9-24-14)17(21)22/h3-6,8-9,13,15H,1-2,7H2,(H,19,20)(H,21,22)/t13-,15+/m0/s1. The van der Waals surface area contributed by atoms with Crippen molar-refractivity contribution in [3.8, 4) is 0 Å². The maximum Gasteiger partial charge on any atom is 0.338 e. The van der Waals surface area contributed by atoms with Gasteiger partial charge < -0.3 is 19.6 Å². The monoisotopic (exact) mass is 333 g/mol. The Labute approximate surface area is 137 Å². The lowest BCUT2D eigenvalue weighted by Crippen LogP contribution is -2.36. The Bertz CT molecular complexity index is 734. The van der Waals surface area contributed by atoms with Gasteiger partial charge in [-0.1, -0.05) is 12.1 Å². The van der Waals surface area contributed by atoms with Gasteiger partial charge in [-0.25, -0.2) is 9.18 Å². The zero-order chi connectivity index (χ0) is 17.1. The molecule has 0 radical (unpaired) electrons. The molecule has 0 bridgehead atoms. The van der Waals surface area contributed by atoms with Crippen LogP contribution in [0.15, 0.2) is 41.0 Å². The summed E-state index contributed by atoms with van der Waals surface area (Å²) in [6.45, 7) is 0.599. The smallest absolute Gasteiger partial charge is 0.338 e. The fraction of sp³-hybridized carbons (Fsp3) is 0.294. The minimum atomic E-state index is -1.17. The Hall–Kier alpha value is -2.67. The molecule has 0 aliphatic carbocycles. The zero-order valence-electron chi connectivity index (χ0n) is 12.7. The second-order valence-corrected chi connectivity index (χ2v) is 5.56. The van der Waals surface area contributed by atoms with E-state index >= 15 is 0 Å². The third kappa shape index (κ3) is 3.46. The number of amides is 1. The van der Waals surface area contributed by atoms with Gasteiger partial charge in [-0.05, 0) is 30.5 Å². The molecule has 2 atom stereocenters. The quantitative estimate of drug-likeness (QED) is 0.878. The number of benzene rings is 1. The second kappa shape index (κ2) is 6.84. The summed E-state index contributed by atoms with van der Waals surface area (Å²) < 4.78 is 23.8. The van der Waals surface area contributed by atoms with E-state index in [4.69, 9.17) is 14.3 Å². The van der Waals surface area contributed by atoms with Crippen LogP contribution in [0.1, 0.15) is 45.4 Å². The molecule has 1 aromatic carbocycles. The van der Waals surface area contributed by atoms with E-state index in [9.17, 15) is 14.0 Å². The second-order valence-electron chi connectivity index (χ2n) is 5.56. The molecule has 1 saturated heterocycles. The van der Waals surface area contributed by atoms with E-state index in [1.54, 1.807) is 12.1 Å². The van der Waals surface area contributed by atoms with Gasteiger partial charge in [0.05, 0.1) is 17.7 Å². The number of furan rings is 1. The lowest BCUT2D eigenvalue weighted by molar-refractivity contribution is 0.0657. The van der Waals surface area contributed by atoms with Gasteiger partial charge in [-0.2, -0.15) is 0 Å². The predicted octanol–water partition coefficient (Wildman–Crippen LogP) is 2.77. The minimum Gasteiger partial charge on any atom is -0.478 e. The molecular weight excluding hydrogens is 317 g/mol. The van der Waals surface area contributed by atoms with Crippen LogP contribution >= 0.6 is 0 Å². The number of carboxylic acid groups (broad SMARTS) is 1. The van der Waals surface area contributed by atoms with Crippen molar-refractivity contribution in [3.63, 3.8) is 0 Å². The van der Waals surface area contributed by atoms with E-state index in [1.165, 1.54) is 12.1 Å². The average molecular weight is 333 g/mol. The van der Waals surface area contributed by atoms with Crippen molar-refractivity contribution in [2.45, 2.75) is 25.0 Å². The van der Waals surface area contributed by atoms with E-state index in [2.05, 4.69) is 5.32 Å². The van der Waals surface area contributed by atoms with Gasteiger partial charge in [-0.3, -0.25) is 4.79 Å². The summed E-state index contributed by atoms with van der Waals surface area (Å²) in [7, 11) is 0. The van der Waals surface area contributed by atoms with Crippen molar-refractivity contribution < 1.29 is 28.2 Å². The topological polar surface area (TPSA) is 88.8 Å². The number of hydrogen-bond donors (Lipinski definition) is 2. The molecule has 0 spiro atoms. The maximum absolute atomic E-state index is 13.1. The van der Waals surface area contributed by atoms with Crippen molar-refractivity contribution >= 4 is 11.9 Å². The largest absolute Gasteiger partial charge is 0.478 e. The van der Waals surface area contributed by atoms with Crippen molar-refractivity contribution in [2.24, 2.45) is 0 Å². The first-order valence-electron chi connectivity index (χ1n) is 7.54. The molecule has 1 amide bonds. The molecule has 3 rings (SSSR count). The summed E-state index contributed by atoms with van der Waals surface area (Å²) >= 11 is 0.